The van der Waals surface area contributed by atoms with Crippen molar-refractivity contribution in [2.24, 2.45) is 0 Å². The monoisotopic (exact) mass is 858 g/mol. The van der Waals surface area contributed by atoms with Crippen LogP contribution in [0.2, 0.25) is 0 Å². The summed E-state index contributed by atoms with van der Waals surface area (Å²) in [4.78, 5) is 50.4. The first-order chi connectivity index (χ1) is 30.1. The number of phenolic OH excluding ortho intramolecular Hbond substituents is 1. The Hall–Kier alpha value is -6.70. The predicted octanol–water partition coefficient (Wildman–Crippen LogP) is 7.82. The van der Waals surface area contributed by atoms with E-state index in [9.17, 15) is 24.3 Å². The van der Waals surface area contributed by atoms with E-state index in [4.69, 9.17) is 23.7 Å². The van der Waals surface area contributed by atoms with Gasteiger partial charge in [-0.1, -0.05) is 30.3 Å². The Morgan fingerprint density at radius 2 is 1.14 bits per heavy atom. The number of methoxy groups -OCH3 is 2. The van der Waals surface area contributed by atoms with Crippen molar-refractivity contribution in [1.29, 1.82) is 0 Å². The molecule has 0 bridgehead atoms. The van der Waals surface area contributed by atoms with Gasteiger partial charge in [0, 0.05) is 35.7 Å². The highest BCUT2D eigenvalue weighted by atomic mass is 16.5. The second-order valence-corrected chi connectivity index (χ2v) is 17.4. The first kappa shape index (κ1) is 43.0. The number of rotatable bonds is 9. The molecule has 14 nitrogen and oxygen atoms in total. The van der Waals surface area contributed by atoms with Crippen molar-refractivity contribution >= 4 is 11.9 Å². The molecule has 2 aromatic heterocycles. The highest BCUT2D eigenvalue weighted by Crippen LogP contribution is 2.52. The van der Waals surface area contributed by atoms with Crippen LogP contribution in [0.5, 0.6) is 23.0 Å². The third-order valence-corrected chi connectivity index (χ3v) is 12.6. The Bertz CT molecular complexity index is 2720. The molecule has 4 aliphatic rings. The topological polar surface area (TPSA) is 151 Å². The summed E-state index contributed by atoms with van der Waals surface area (Å²) in [5, 5.41) is 14.8. The fourth-order valence-electron chi connectivity index (χ4n) is 9.61. The number of benzene rings is 3. The summed E-state index contributed by atoms with van der Waals surface area (Å²) < 4.78 is 31.2. The quantitative estimate of drug-likeness (QED) is 0.144. The lowest BCUT2D eigenvalue weighted by atomic mass is 9.93. The van der Waals surface area contributed by atoms with E-state index in [1.54, 1.807) is 45.5 Å². The number of phenols is 1. The smallest absolute Gasteiger partial charge is 0.343 e. The summed E-state index contributed by atoms with van der Waals surface area (Å²) in [6, 6.07) is 20.5. The van der Waals surface area contributed by atoms with Crippen LogP contribution in [0, 0.1) is 0 Å². The van der Waals surface area contributed by atoms with Gasteiger partial charge in [-0.05, 0) is 108 Å². The third kappa shape index (κ3) is 7.54. The number of hydrogen-bond donors (Lipinski definition) is 1. The second-order valence-electron chi connectivity index (χ2n) is 17.4. The van der Waals surface area contributed by atoms with Crippen molar-refractivity contribution in [2.75, 3.05) is 37.5 Å². The molecule has 330 valence electrons. The average Bonchev–Trinajstić information content (AvgIpc) is 3.77. The maximum Gasteiger partial charge on any atom is 0.343 e. The molecule has 0 amide bonds. The number of aromatic hydroxyl groups is 1. The highest BCUT2D eigenvalue weighted by Gasteiger charge is 2.47. The number of carbonyl (C=O) groups excluding carboxylic acids is 2. The van der Waals surface area contributed by atoms with E-state index in [0.717, 1.165) is 59.2 Å². The molecule has 0 aliphatic carbocycles. The Labute approximate surface area is 366 Å². The molecule has 0 saturated carbocycles. The molecule has 1 N–H and O–H groups in total. The Morgan fingerprint density at radius 1 is 0.667 bits per heavy atom. The van der Waals surface area contributed by atoms with Gasteiger partial charge in [0.2, 0.25) is 0 Å². The number of fused-ring (bicyclic) bond motifs is 12. The van der Waals surface area contributed by atoms with Crippen molar-refractivity contribution in [2.45, 2.75) is 97.0 Å². The first-order valence-electron chi connectivity index (χ1n) is 21.4. The molecule has 6 heterocycles. The van der Waals surface area contributed by atoms with Gasteiger partial charge in [0.25, 0.3) is 0 Å². The Morgan fingerprint density at radius 3 is 1.62 bits per heavy atom. The highest BCUT2D eigenvalue weighted by molar-refractivity contribution is 5.90. The van der Waals surface area contributed by atoms with Gasteiger partial charge < -0.3 is 28.8 Å². The molecular weight excluding hydrogens is 805 g/mol. The van der Waals surface area contributed by atoms with Crippen LogP contribution in [-0.2, 0) is 16.1 Å². The molecule has 9 rings (SSSR count). The predicted molar refractivity (Wildman–Crippen MR) is 238 cm³/mol. The third-order valence-electron chi connectivity index (χ3n) is 12.6. The zero-order valence-corrected chi connectivity index (χ0v) is 37.0. The lowest BCUT2D eigenvalue weighted by Crippen LogP contribution is -2.50. The number of nitrogens with zero attached hydrogens (tertiary/aromatic N) is 4. The van der Waals surface area contributed by atoms with Gasteiger partial charge in [0.1, 0.15) is 17.7 Å². The van der Waals surface area contributed by atoms with Crippen LogP contribution >= 0.6 is 0 Å². The normalized spacial score (nSPS) is 18.0. The summed E-state index contributed by atoms with van der Waals surface area (Å²) in [7, 11) is 3.11. The summed E-state index contributed by atoms with van der Waals surface area (Å²) in [5.74, 6) is 0.458. The van der Waals surface area contributed by atoms with Gasteiger partial charge >= 0.3 is 11.9 Å². The van der Waals surface area contributed by atoms with Crippen LogP contribution in [0.3, 0.4) is 0 Å². The molecular formula is C49H54N4O10. The van der Waals surface area contributed by atoms with E-state index in [1.165, 1.54) is 19.2 Å². The SMILES string of the molecule is CCOC(=O)c1cn2c(cc1=O)-c1cc(OC)c(O)cc1[C@H]1CCC(C)(C)N12.CCOC(=O)c1cn2c(cc1=O)-c1cc(OC)c(OCc3ccccc3)cc1[C@H]1CCC(C)(C)N12. The second kappa shape index (κ2) is 16.5. The molecule has 4 aliphatic heterocycles. The van der Waals surface area contributed by atoms with Crippen LogP contribution in [0.1, 0.15) is 117 Å². The van der Waals surface area contributed by atoms with Crippen molar-refractivity contribution < 1.29 is 38.4 Å². The van der Waals surface area contributed by atoms with E-state index in [0.29, 0.717) is 29.5 Å². The summed E-state index contributed by atoms with van der Waals surface area (Å²) in [6.45, 7) is 12.9. The van der Waals surface area contributed by atoms with Gasteiger partial charge in [-0.2, -0.15) is 0 Å². The first-order valence-corrected chi connectivity index (χ1v) is 21.4. The minimum Gasteiger partial charge on any atom is -0.504 e. The molecule has 14 heteroatoms. The summed E-state index contributed by atoms with van der Waals surface area (Å²) >= 11 is 0. The number of esters is 2. The van der Waals surface area contributed by atoms with Crippen LogP contribution < -0.4 is 35.1 Å². The molecule has 0 spiro atoms. The van der Waals surface area contributed by atoms with Crippen molar-refractivity contribution in [1.82, 2.24) is 9.35 Å². The van der Waals surface area contributed by atoms with Crippen LogP contribution in [-0.4, -0.2) is 64.9 Å². The van der Waals surface area contributed by atoms with E-state index in [1.807, 2.05) is 51.8 Å². The molecule has 2 saturated heterocycles. The lowest BCUT2D eigenvalue weighted by molar-refractivity contribution is 0.0514. The average molecular weight is 859 g/mol. The minimum atomic E-state index is -0.620. The van der Waals surface area contributed by atoms with Crippen LogP contribution in [0.15, 0.2) is 88.7 Å². The van der Waals surface area contributed by atoms with E-state index in [-0.39, 0.29) is 58.7 Å². The largest absolute Gasteiger partial charge is 0.504 e. The summed E-state index contributed by atoms with van der Waals surface area (Å²) in [6.07, 6.45) is 6.94. The number of pyridine rings is 2. The zero-order valence-electron chi connectivity index (χ0n) is 37.0. The van der Waals surface area contributed by atoms with Gasteiger partial charge in [-0.15, -0.1) is 0 Å². The maximum absolute atomic E-state index is 13.0. The van der Waals surface area contributed by atoms with Crippen LogP contribution in [0.4, 0.5) is 0 Å². The molecule has 0 radical (unpaired) electrons. The summed E-state index contributed by atoms with van der Waals surface area (Å²) in [5.41, 5.74) is 5.15. The van der Waals surface area contributed by atoms with Gasteiger partial charge in [-0.3, -0.25) is 29.0 Å². The number of ether oxygens (including phenoxy) is 5. The fraction of sp³-hybridized carbons (Fsp3) is 0.388. The van der Waals surface area contributed by atoms with Crippen LogP contribution in [0.25, 0.3) is 22.5 Å². The number of hydrogen-bond acceptors (Lipinski definition) is 12. The molecule has 63 heavy (non-hydrogen) atoms. The number of carbonyl (C=O) groups is 2. The maximum atomic E-state index is 13.0. The Balaban J connectivity index is 0.000000177. The molecule has 2 atom stereocenters. The standard InChI is InChI=1S/C28H30N2O5.C21H24N2O5/c1-5-34-27(32)21-16-29-23(15-24(21)31)20-13-25(33-4)26(35-17-18-9-7-6-8-10-18)14-19(20)22-11-12-28(2,3)30(22)29;1-5-28-20(26)14-11-22-16(10-17(14)24)13-9-19(27-4)18(25)8-12(13)15-6-7-21(2,3)23(15)22/h6-10,13-16,22H,5,11-12,17H2,1-4H3;8-11,15,25H,5-7H2,1-4H3/t22-;15-/m11/s1. The van der Waals surface area contributed by atoms with Crippen molar-refractivity contribution in [3.8, 4) is 45.5 Å². The van der Waals surface area contributed by atoms with Gasteiger partial charge in [0.05, 0.1) is 62.0 Å². The Kier molecular flexibility index (Phi) is 11.3. The van der Waals surface area contributed by atoms with Crippen molar-refractivity contribution in [3.63, 3.8) is 0 Å². The van der Waals surface area contributed by atoms with E-state index in [2.05, 4.69) is 37.7 Å². The molecule has 0 unspecified atom stereocenters. The zero-order chi connectivity index (χ0) is 45.0. The lowest BCUT2D eigenvalue weighted by Gasteiger charge is -2.44. The van der Waals surface area contributed by atoms with Crippen molar-refractivity contribution in [3.05, 3.63) is 127 Å². The van der Waals surface area contributed by atoms with Gasteiger partial charge in [0.15, 0.2) is 33.9 Å². The molecule has 2 fully saturated rings. The van der Waals surface area contributed by atoms with E-state index >= 15 is 0 Å². The van der Waals surface area contributed by atoms with Gasteiger partial charge in [-0.25, -0.2) is 9.59 Å². The molecule has 5 aromatic rings. The molecule has 3 aromatic carbocycles. The van der Waals surface area contributed by atoms with E-state index < -0.39 is 17.4 Å². The number of aromatic nitrogens is 2. The fourth-order valence-corrected chi connectivity index (χ4v) is 9.61. The minimum absolute atomic E-state index is 0.0150.